The zero-order chi connectivity index (χ0) is 15.5. The molecule has 118 valence electrons. The third-order valence-electron chi connectivity index (χ3n) is 3.38. The van der Waals surface area contributed by atoms with Crippen LogP contribution in [0.2, 0.25) is 5.02 Å². The van der Waals surface area contributed by atoms with Gasteiger partial charge in [-0.1, -0.05) is 18.0 Å². The molecule has 21 heavy (non-hydrogen) atoms. The first kappa shape index (κ1) is 17.0. The summed E-state index contributed by atoms with van der Waals surface area (Å²) < 4.78 is 40.7. The Balaban J connectivity index is 2.13. The third-order valence-corrected chi connectivity index (χ3v) is 6.61. The van der Waals surface area contributed by atoms with Crippen LogP contribution in [0.3, 0.4) is 0 Å². The fraction of sp³-hybridized carbons (Fsp3) is 0.538. The number of nitrogens with one attached hydrogen (secondary N) is 1. The average molecular weight is 353 g/mol. The minimum absolute atomic E-state index is 0.0163. The molecule has 1 aliphatic rings. The van der Waals surface area contributed by atoms with Crippen LogP contribution in [0.25, 0.3) is 0 Å². The van der Waals surface area contributed by atoms with Crippen LogP contribution in [-0.4, -0.2) is 26.0 Å². The van der Waals surface area contributed by atoms with Crippen molar-refractivity contribution in [2.45, 2.75) is 36.0 Å². The molecule has 1 saturated heterocycles. The molecule has 0 saturated carbocycles. The first-order chi connectivity index (χ1) is 9.94. The molecular weight excluding hydrogens is 335 g/mol. The smallest absolute Gasteiger partial charge is 0.240 e. The van der Waals surface area contributed by atoms with Gasteiger partial charge in [-0.3, -0.25) is 0 Å². The summed E-state index contributed by atoms with van der Waals surface area (Å²) in [6, 6.07) is 2.25. The van der Waals surface area contributed by atoms with Gasteiger partial charge in [0.15, 0.2) is 0 Å². The van der Waals surface area contributed by atoms with Gasteiger partial charge < -0.3 is 5.73 Å². The maximum atomic E-state index is 13.7. The van der Waals surface area contributed by atoms with Crippen LogP contribution < -0.4 is 10.5 Å². The van der Waals surface area contributed by atoms with Gasteiger partial charge in [-0.05, 0) is 36.3 Å². The molecule has 0 spiro atoms. The maximum Gasteiger partial charge on any atom is 0.240 e. The van der Waals surface area contributed by atoms with E-state index in [9.17, 15) is 12.8 Å². The fourth-order valence-electron chi connectivity index (χ4n) is 2.18. The molecule has 0 bridgehead atoms. The highest BCUT2D eigenvalue weighted by molar-refractivity contribution is 8.00. The SMILES string of the molecule is NCc1cc(S(=O)(=O)NCC2CCCCS2)cc(F)c1Cl. The van der Waals surface area contributed by atoms with Gasteiger partial charge in [0.2, 0.25) is 10.0 Å². The van der Waals surface area contributed by atoms with Crippen LogP contribution in [-0.2, 0) is 16.6 Å². The molecule has 1 heterocycles. The van der Waals surface area contributed by atoms with Gasteiger partial charge in [0.05, 0.1) is 9.92 Å². The number of thioether (sulfide) groups is 1. The van der Waals surface area contributed by atoms with Crippen molar-refractivity contribution in [1.29, 1.82) is 0 Å². The number of rotatable bonds is 5. The number of sulfonamides is 1. The van der Waals surface area contributed by atoms with Crippen molar-refractivity contribution in [1.82, 2.24) is 4.72 Å². The summed E-state index contributed by atoms with van der Waals surface area (Å²) in [4.78, 5) is -0.134. The summed E-state index contributed by atoms with van der Waals surface area (Å²) in [5, 5.41) is 0.152. The van der Waals surface area contributed by atoms with Crippen molar-refractivity contribution in [2.75, 3.05) is 12.3 Å². The van der Waals surface area contributed by atoms with Crippen molar-refractivity contribution in [3.63, 3.8) is 0 Å². The zero-order valence-electron chi connectivity index (χ0n) is 11.4. The lowest BCUT2D eigenvalue weighted by Gasteiger charge is -2.21. The van der Waals surface area contributed by atoms with Crippen LogP contribution in [0.15, 0.2) is 17.0 Å². The van der Waals surface area contributed by atoms with Gasteiger partial charge in [-0.25, -0.2) is 17.5 Å². The molecule has 0 aromatic heterocycles. The molecule has 4 nitrogen and oxygen atoms in total. The number of halogens is 2. The van der Waals surface area contributed by atoms with Crippen LogP contribution in [0.4, 0.5) is 4.39 Å². The van der Waals surface area contributed by atoms with Crippen LogP contribution in [0.1, 0.15) is 24.8 Å². The quantitative estimate of drug-likeness (QED) is 0.854. The van der Waals surface area contributed by atoms with Gasteiger partial charge in [-0.2, -0.15) is 11.8 Å². The lowest BCUT2D eigenvalue weighted by atomic mass is 10.2. The molecule has 2 rings (SSSR count). The Kier molecular flexibility index (Phi) is 5.90. The minimum Gasteiger partial charge on any atom is -0.326 e. The van der Waals surface area contributed by atoms with Crippen molar-refractivity contribution >= 4 is 33.4 Å². The van der Waals surface area contributed by atoms with E-state index in [0.29, 0.717) is 6.54 Å². The topological polar surface area (TPSA) is 72.2 Å². The molecule has 0 amide bonds. The van der Waals surface area contributed by atoms with E-state index in [1.165, 1.54) is 12.5 Å². The lowest BCUT2D eigenvalue weighted by molar-refractivity contribution is 0.570. The second-order valence-corrected chi connectivity index (χ2v) is 8.48. The van der Waals surface area contributed by atoms with Crippen LogP contribution in [0, 0.1) is 5.82 Å². The molecule has 1 fully saturated rings. The molecule has 8 heteroatoms. The van der Waals surface area contributed by atoms with Gasteiger partial charge in [0, 0.05) is 18.3 Å². The Labute approximate surface area is 133 Å². The van der Waals surface area contributed by atoms with Crippen molar-refractivity contribution in [3.05, 3.63) is 28.5 Å². The van der Waals surface area contributed by atoms with E-state index in [4.69, 9.17) is 17.3 Å². The fourth-order valence-corrected chi connectivity index (χ4v) is 4.85. The van der Waals surface area contributed by atoms with Gasteiger partial charge in [0.25, 0.3) is 0 Å². The van der Waals surface area contributed by atoms with Crippen LogP contribution in [0.5, 0.6) is 0 Å². The second-order valence-electron chi connectivity index (χ2n) is 4.92. The molecule has 0 aliphatic carbocycles. The van der Waals surface area contributed by atoms with Crippen molar-refractivity contribution < 1.29 is 12.8 Å². The number of hydrogen-bond donors (Lipinski definition) is 2. The highest BCUT2D eigenvalue weighted by atomic mass is 35.5. The maximum absolute atomic E-state index is 13.7. The predicted octanol–water partition coefficient (Wildman–Crippen LogP) is 2.50. The summed E-state index contributed by atoms with van der Waals surface area (Å²) in [7, 11) is -3.75. The summed E-state index contributed by atoms with van der Waals surface area (Å²) in [5.74, 6) is 0.284. The monoisotopic (exact) mass is 352 g/mol. The number of nitrogens with two attached hydrogens (primary N) is 1. The molecule has 1 unspecified atom stereocenters. The summed E-state index contributed by atoms with van der Waals surface area (Å²) in [5.41, 5.74) is 5.73. The molecule has 0 radical (unpaired) electrons. The molecule has 1 aromatic rings. The van der Waals surface area contributed by atoms with E-state index in [2.05, 4.69) is 4.72 Å². The van der Waals surface area contributed by atoms with E-state index in [-0.39, 0.29) is 27.3 Å². The van der Waals surface area contributed by atoms with E-state index in [0.717, 1.165) is 24.7 Å². The number of benzene rings is 1. The first-order valence-corrected chi connectivity index (χ1v) is 9.64. The van der Waals surface area contributed by atoms with E-state index < -0.39 is 15.8 Å². The normalized spacial score (nSPS) is 19.7. The van der Waals surface area contributed by atoms with Gasteiger partial charge in [0.1, 0.15) is 5.82 Å². The Morgan fingerprint density at radius 1 is 1.43 bits per heavy atom. The Morgan fingerprint density at radius 2 is 2.19 bits per heavy atom. The molecular formula is C13H18ClFN2O2S2. The standard InChI is InChI=1S/C13H18ClFN2O2S2/c14-13-9(7-16)5-11(6-12(13)15)21(18,19)17-8-10-3-1-2-4-20-10/h5-6,10,17H,1-4,7-8,16H2. The Bertz CT molecular complexity index is 604. The highest BCUT2D eigenvalue weighted by Gasteiger charge is 2.21. The van der Waals surface area contributed by atoms with Gasteiger partial charge in [-0.15, -0.1) is 0 Å². The first-order valence-electron chi connectivity index (χ1n) is 6.73. The predicted molar refractivity (Wildman–Crippen MR) is 84.6 cm³/mol. The molecule has 1 aromatic carbocycles. The lowest BCUT2D eigenvalue weighted by Crippen LogP contribution is -2.32. The van der Waals surface area contributed by atoms with Crippen molar-refractivity contribution in [2.24, 2.45) is 5.73 Å². The molecule has 1 aliphatic heterocycles. The summed E-state index contributed by atoms with van der Waals surface area (Å²) >= 11 is 7.51. The van der Waals surface area contributed by atoms with E-state index in [1.807, 2.05) is 0 Å². The summed E-state index contributed by atoms with van der Waals surface area (Å²) in [6.07, 6.45) is 3.29. The highest BCUT2D eigenvalue weighted by Crippen LogP contribution is 2.26. The summed E-state index contributed by atoms with van der Waals surface area (Å²) in [6.45, 7) is 0.340. The average Bonchev–Trinajstić information content (AvgIpc) is 2.49. The third kappa shape index (κ3) is 4.32. The van der Waals surface area contributed by atoms with Crippen molar-refractivity contribution in [3.8, 4) is 0 Å². The Hall–Kier alpha value is -0.340. The zero-order valence-corrected chi connectivity index (χ0v) is 13.8. The molecule has 1 atom stereocenters. The largest absolute Gasteiger partial charge is 0.326 e. The second kappa shape index (κ2) is 7.28. The van der Waals surface area contributed by atoms with E-state index in [1.54, 1.807) is 11.8 Å². The van der Waals surface area contributed by atoms with E-state index >= 15 is 0 Å². The number of hydrogen-bond acceptors (Lipinski definition) is 4. The van der Waals surface area contributed by atoms with Gasteiger partial charge >= 0.3 is 0 Å². The Morgan fingerprint density at radius 3 is 2.81 bits per heavy atom. The van der Waals surface area contributed by atoms with Crippen LogP contribution >= 0.6 is 23.4 Å². The molecule has 3 N–H and O–H groups in total. The minimum atomic E-state index is -3.75.